The van der Waals surface area contributed by atoms with Crippen molar-refractivity contribution in [3.63, 3.8) is 0 Å². The van der Waals surface area contributed by atoms with Crippen molar-refractivity contribution < 1.29 is 14.3 Å². The van der Waals surface area contributed by atoms with E-state index in [9.17, 15) is 4.79 Å². The number of benzene rings is 1. The fourth-order valence-electron chi connectivity index (χ4n) is 1.23. The summed E-state index contributed by atoms with van der Waals surface area (Å²) in [5.41, 5.74) is -0.477. The summed E-state index contributed by atoms with van der Waals surface area (Å²) in [6.45, 7) is 5.68. The summed E-state index contributed by atoms with van der Waals surface area (Å²) in [6, 6.07) is 4.93. The average Bonchev–Trinajstić information content (AvgIpc) is 2.18. The molecule has 0 spiro atoms. The number of esters is 1. The normalized spacial score (nSPS) is 11.2. The lowest BCUT2D eigenvalue weighted by atomic mass is 10.2. The standard InChI is InChI=1S/C13H16Cl2O3/c1-13(2,3)18-12(16)6-7-17-11-5-4-9(14)8-10(11)15/h4-5,8H,6-7H2,1-3H3. The Morgan fingerprint density at radius 1 is 1.28 bits per heavy atom. The molecule has 0 fully saturated rings. The summed E-state index contributed by atoms with van der Waals surface area (Å²) in [7, 11) is 0. The second-order valence-electron chi connectivity index (χ2n) is 4.76. The molecule has 0 atom stereocenters. The Kier molecular flexibility index (Phi) is 5.29. The number of hydrogen-bond acceptors (Lipinski definition) is 3. The van der Waals surface area contributed by atoms with Crippen molar-refractivity contribution in [2.24, 2.45) is 0 Å². The average molecular weight is 291 g/mol. The number of carbonyl (C=O) groups is 1. The maximum Gasteiger partial charge on any atom is 0.309 e. The van der Waals surface area contributed by atoms with Crippen molar-refractivity contribution in [1.82, 2.24) is 0 Å². The highest BCUT2D eigenvalue weighted by atomic mass is 35.5. The van der Waals surface area contributed by atoms with Gasteiger partial charge in [0.25, 0.3) is 0 Å². The van der Waals surface area contributed by atoms with E-state index in [1.54, 1.807) is 18.2 Å². The van der Waals surface area contributed by atoms with Crippen LogP contribution in [0.15, 0.2) is 18.2 Å². The van der Waals surface area contributed by atoms with Crippen LogP contribution in [-0.4, -0.2) is 18.2 Å². The summed E-state index contributed by atoms with van der Waals surface area (Å²) in [5.74, 6) is 0.206. The van der Waals surface area contributed by atoms with Crippen LogP contribution in [0.1, 0.15) is 27.2 Å². The molecular formula is C13H16Cl2O3. The van der Waals surface area contributed by atoms with Crippen molar-refractivity contribution in [1.29, 1.82) is 0 Å². The lowest BCUT2D eigenvalue weighted by Crippen LogP contribution is -2.24. The fourth-order valence-corrected chi connectivity index (χ4v) is 1.69. The first-order chi connectivity index (χ1) is 8.28. The van der Waals surface area contributed by atoms with Crippen molar-refractivity contribution >= 4 is 29.2 Å². The van der Waals surface area contributed by atoms with Gasteiger partial charge in [-0.25, -0.2) is 0 Å². The Balaban J connectivity index is 2.40. The maximum atomic E-state index is 11.4. The Morgan fingerprint density at radius 3 is 2.50 bits per heavy atom. The van der Waals surface area contributed by atoms with Crippen LogP contribution in [0.2, 0.25) is 10.0 Å². The number of halogens is 2. The van der Waals surface area contributed by atoms with Crippen LogP contribution in [-0.2, 0) is 9.53 Å². The van der Waals surface area contributed by atoms with Crippen LogP contribution in [0.3, 0.4) is 0 Å². The number of rotatable bonds is 4. The second-order valence-corrected chi connectivity index (χ2v) is 5.60. The smallest absolute Gasteiger partial charge is 0.309 e. The highest BCUT2D eigenvalue weighted by Gasteiger charge is 2.16. The number of carbonyl (C=O) groups excluding carboxylic acids is 1. The predicted octanol–water partition coefficient (Wildman–Crippen LogP) is 4.10. The highest BCUT2D eigenvalue weighted by molar-refractivity contribution is 6.35. The lowest BCUT2D eigenvalue weighted by molar-refractivity contribution is -0.155. The number of hydrogen-bond donors (Lipinski definition) is 0. The molecule has 3 nitrogen and oxygen atoms in total. The molecule has 0 bridgehead atoms. The Morgan fingerprint density at radius 2 is 1.94 bits per heavy atom. The van der Waals surface area contributed by atoms with Crippen LogP contribution in [0.4, 0.5) is 0 Å². The molecule has 0 saturated carbocycles. The summed E-state index contributed by atoms with van der Waals surface area (Å²) in [4.78, 5) is 11.4. The summed E-state index contributed by atoms with van der Waals surface area (Å²) in [5, 5.41) is 0.964. The van der Waals surface area contributed by atoms with Gasteiger partial charge >= 0.3 is 5.97 Å². The number of ether oxygens (including phenoxy) is 2. The molecule has 0 aromatic heterocycles. The van der Waals surface area contributed by atoms with Crippen molar-refractivity contribution in [2.75, 3.05) is 6.61 Å². The van der Waals surface area contributed by atoms with Gasteiger partial charge in [0.1, 0.15) is 11.4 Å². The molecule has 0 aliphatic heterocycles. The molecule has 0 amide bonds. The van der Waals surface area contributed by atoms with Gasteiger partial charge in [-0.15, -0.1) is 0 Å². The van der Waals surface area contributed by atoms with Gasteiger partial charge in [-0.1, -0.05) is 23.2 Å². The molecule has 0 aliphatic carbocycles. The molecule has 0 heterocycles. The second kappa shape index (κ2) is 6.30. The first kappa shape index (κ1) is 15.1. The molecule has 0 aliphatic rings. The fraction of sp³-hybridized carbons (Fsp3) is 0.462. The first-order valence-electron chi connectivity index (χ1n) is 5.57. The van der Waals surface area contributed by atoms with E-state index >= 15 is 0 Å². The first-order valence-corrected chi connectivity index (χ1v) is 6.33. The largest absolute Gasteiger partial charge is 0.491 e. The Bertz CT molecular complexity index is 425. The molecule has 0 radical (unpaired) electrons. The molecule has 18 heavy (non-hydrogen) atoms. The summed E-state index contributed by atoms with van der Waals surface area (Å²) >= 11 is 11.7. The minimum absolute atomic E-state index is 0.177. The van der Waals surface area contributed by atoms with Crippen molar-refractivity contribution in [3.8, 4) is 5.75 Å². The molecule has 0 saturated heterocycles. The van der Waals surface area contributed by atoms with Gasteiger partial charge in [0, 0.05) is 5.02 Å². The molecule has 1 aromatic carbocycles. The lowest BCUT2D eigenvalue weighted by Gasteiger charge is -2.19. The minimum atomic E-state index is -0.477. The molecule has 0 N–H and O–H groups in total. The van der Waals surface area contributed by atoms with Crippen molar-refractivity contribution in [3.05, 3.63) is 28.2 Å². The minimum Gasteiger partial charge on any atom is -0.491 e. The molecule has 1 aromatic rings. The van der Waals surface area contributed by atoms with Gasteiger partial charge in [0.2, 0.25) is 0 Å². The highest BCUT2D eigenvalue weighted by Crippen LogP contribution is 2.27. The van der Waals surface area contributed by atoms with E-state index in [0.717, 1.165) is 0 Å². The molecular weight excluding hydrogens is 275 g/mol. The Hall–Kier alpha value is -0.930. The van der Waals surface area contributed by atoms with Crippen LogP contribution >= 0.6 is 23.2 Å². The molecule has 100 valence electrons. The van der Waals surface area contributed by atoms with Gasteiger partial charge in [-0.3, -0.25) is 4.79 Å². The van der Waals surface area contributed by atoms with E-state index in [4.69, 9.17) is 32.7 Å². The molecule has 0 unspecified atom stereocenters. The van der Waals surface area contributed by atoms with Gasteiger partial charge in [0.05, 0.1) is 18.1 Å². The zero-order valence-corrected chi connectivity index (χ0v) is 12.1. The van der Waals surface area contributed by atoms with E-state index < -0.39 is 5.60 Å². The van der Waals surface area contributed by atoms with E-state index in [1.165, 1.54) is 0 Å². The summed E-state index contributed by atoms with van der Waals surface area (Å²) < 4.78 is 10.5. The van der Waals surface area contributed by atoms with Crippen LogP contribution in [0.25, 0.3) is 0 Å². The van der Waals surface area contributed by atoms with E-state index in [-0.39, 0.29) is 19.0 Å². The zero-order chi connectivity index (χ0) is 13.8. The van der Waals surface area contributed by atoms with Gasteiger partial charge < -0.3 is 9.47 Å². The third-order valence-electron chi connectivity index (χ3n) is 1.88. The molecule has 1 rings (SSSR count). The third kappa shape index (κ3) is 5.61. The van der Waals surface area contributed by atoms with Gasteiger partial charge in [-0.05, 0) is 39.0 Å². The predicted molar refractivity (Wildman–Crippen MR) is 72.4 cm³/mol. The van der Waals surface area contributed by atoms with Crippen LogP contribution in [0.5, 0.6) is 5.75 Å². The van der Waals surface area contributed by atoms with Gasteiger partial charge in [-0.2, -0.15) is 0 Å². The molecule has 5 heteroatoms. The summed E-state index contributed by atoms with van der Waals surface area (Å²) in [6.07, 6.45) is 0.177. The monoisotopic (exact) mass is 290 g/mol. The van der Waals surface area contributed by atoms with Crippen LogP contribution < -0.4 is 4.74 Å². The topological polar surface area (TPSA) is 35.5 Å². The van der Waals surface area contributed by atoms with Crippen LogP contribution in [0, 0.1) is 0 Å². The van der Waals surface area contributed by atoms with E-state index in [1.807, 2.05) is 20.8 Å². The SMILES string of the molecule is CC(C)(C)OC(=O)CCOc1ccc(Cl)cc1Cl. The van der Waals surface area contributed by atoms with E-state index in [2.05, 4.69) is 0 Å². The van der Waals surface area contributed by atoms with Crippen molar-refractivity contribution in [2.45, 2.75) is 32.8 Å². The maximum absolute atomic E-state index is 11.4. The zero-order valence-electron chi connectivity index (χ0n) is 10.6. The van der Waals surface area contributed by atoms with Gasteiger partial charge in [0.15, 0.2) is 0 Å². The quantitative estimate of drug-likeness (QED) is 0.783. The van der Waals surface area contributed by atoms with E-state index in [0.29, 0.717) is 15.8 Å². The Labute approximate surface area is 117 Å². The third-order valence-corrected chi connectivity index (χ3v) is 2.41.